The molecule has 1 atom stereocenters. The fourth-order valence-electron chi connectivity index (χ4n) is 3.39. The van der Waals surface area contributed by atoms with Gasteiger partial charge in [0.1, 0.15) is 29.3 Å². The highest BCUT2D eigenvalue weighted by Crippen LogP contribution is 2.25. The van der Waals surface area contributed by atoms with E-state index in [4.69, 9.17) is 4.74 Å². The summed E-state index contributed by atoms with van der Waals surface area (Å²) in [6.07, 6.45) is 4.82. The lowest BCUT2D eigenvalue weighted by Crippen LogP contribution is -2.23. The maximum Gasteiger partial charge on any atom is 0.251 e. The highest BCUT2D eigenvalue weighted by atomic mass is 19.1. The number of ether oxygens (including phenoxy) is 1. The lowest BCUT2D eigenvalue weighted by Gasteiger charge is -2.16. The SMILES string of the molecule is CC(Oc1ccnc(Nc2cnn(C)c2)c1)c1cccc(C(=O)NCc2cc(F)cc(F)c2)c1. The van der Waals surface area contributed by atoms with Gasteiger partial charge in [-0.2, -0.15) is 5.10 Å². The summed E-state index contributed by atoms with van der Waals surface area (Å²) in [4.78, 5) is 16.9. The van der Waals surface area contributed by atoms with Crippen LogP contribution in [-0.2, 0) is 13.6 Å². The number of carbonyl (C=O) groups is 1. The molecule has 1 unspecified atom stereocenters. The van der Waals surface area contributed by atoms with Gasteiger partial charge in [0.05, 0.1) is 11.9 Å². The molecule has 0 saturated heterocycles. The number of amides is 1. The number of nitrogens with one attached hydrogen (secondary N) is 2. The Morgan fingerprint density at radius 1 is 1.12 bits per heavy atom. The Kier molecular flexibility index (Phi) is 6.82. The molecule has 0 aliphatic heterocycles. The van der Waals surface area contributed by atoms with Gasteiger partial charge in [0, 0.05) is 43.7 Å². The van der Waals surface area contributed by atoms with E-state index in [9.17, 15) is 13.6 Å². The number of benzene rings is 2. The number of aromatic nitrogens is 3. The zero-order valence-corrected chi connectivity index (χ0v) is 18.6. The third-order valence-electron chi connectivity index (χ3n) is 5.02. The topological polar surface area (TPSA) is 81.1 Å². The molecule has 1 amide bonds. The first-order valence-corrected chi connectivity index (χ1v) is 10.6. The summed E-state index contributed by atoms with van der Waals surface area (Å²) in [6, 6.07) is 13.7. The Bertz CT molecular complexity index is 1290. The van der Waals surface area contributed by atoms with Crippen LogP contribution in [0.25, 0.3) is 0 Å². The maximum absolute atomic E-state index is 13.4. The molecule has 2 heterocycles. The predicted molar refractivity (Wildman–Crippen MR) is 124 cm³/mol. The lowest BCUT2D eigenvalue weighted by molar-refractivity contribution is 0.0950. The van der Waals surface area contributed by atoms with Gasteiger partial charge in [-0.25, -0.2) is 13.8 Å². The van der Waals surface area contributed by atoms with Crippen molar-refractivity contribution in [3.05, 3.63) is 102 Å². The minimum atomic E-state index is -0.688. The molecule has 2 aromatic heterocycles. The van der Waals surface area contributed by atoms with Crippen LogP contribution in [0.5, 0.6) is 5.75 Å². The second-order valence-electron chi connectivity index (χ2n) is 7.75. The van der Waals surface area contributed by atoms with E-state index in [1.54, 1.807) is 47.4 Å². The summed E-state index contributed by atoms with van der Waals surface area (Å²) in [6.45, 7) is 1.88. The number of hydrogen-bond donors (Lipinski definition) is 2. The van der Waals surface area contributed by atoms with Gasteiger partial charge < -0.3 is 15.4 Å². The van der Waals surface area contributed by atoms with E-state index in [2.05, 4.69) is 20.7 Å². The Hall–Kier alpha value is -4.27. The van der Waals surface area contributed by atoms with Crippen molar-refractivity contribution in [1.82, 2.24) is 20.1 Å². The average molecular weight is 463 g/mol. The van der Waals surface area contributed by atoms with Gasteiger partial charge in [0.2, 0.25) is 0 Å². The largest absolute Gasteiger partial charge is 0.486 e. The molecule has 7 nitrogen and oxygen atoms in total. The summed E-state index contributed by atoms with van der Waals surface area (Å²) >= 11 is 0. The molecule has 0 saturated carbocycles. The number of halogens is 2. The average Bonchev–Trinajstić information content (AvgIpc) is 3.21. The second-order valence-corrected chi connectivity index (χ2v) is 7.75. The molecule has 0 aliphatic rings. The molecule has 4 rings (SSSR count). The summed E-state index contributed by atoms with van der Waals surface area (Å²) in [5, 5.41) is 9.96. The van der Waals surface area contributed by atoms with Crippen molar-refractivity contribution in [2.75, 3.05) is 5.32 Å². The van der Waals surface area contributed by atoms with Gasteiger partial charge in [-0.05, 0) is 48.4 Å². The number of rotatable bonds is 8. The fourth-order valence-corrected chi connectivity index (χ4v) is 3.39. The fraction of sp³-hybridized carbons (Fsp3) is 0.160. The summed E-state index contributed by atoms with van der Waals surface area (Å²) in [5.41, 5.74) is 2.36. The molecule has 2 aromatic carbocycles. The quantitative estimate of drug-likeness (QED) is 0.388. The first-order chi connectivity index (χ1) is 16.4. The number of pyridine rings is 1. The maximum atomic E-state index is 13.4. The van der Waals surface area contributed by atoms with E-state index in [-0.39, 0.29) is 18.6 Å². The van der Waals surface area contributed by atoms with E-state index < -0.39 is 11.6 Å². The van der Waals surface area contributed by atoms with Crippen LogP contribution in [0.4, 0.5) is 20.3 Å². The second kappa shape index (κ2) is 10.1. The minimum Gasteiger partial charge on any atom is -0.486 e. The summed E-state index contributed by atoms with van der Waals surface area (Å²) in [5.74, 6) is -0.513. The zero-order valence-electron chi connectivity index (χ0n) is 18.6. The standard InChI is InChI=1S/C25H23F2N5O2/c1-16(34-23-6-7-28-24(12-23)31-22-14-30-32(2)15-22)18-4-3-5-19(10-18)25(33)29-13-17-8-20(26)11-21(27)9-17/h3-12,14-16H,13H2,1-2H3,(H,28,31)(H,29,33). The molecule has 0 aliphatic carbocycles. The monoisotopic (exact) mass is 463 g/mol. The molecule has 0 fully saturated rings. The van der Waals surface area contributed by atoms with Crippen LogP contribution in [0, 0.1) is 11.6 Å². The first-order valence-electron chi connectivity index (χ1n) is 10.6. The molecule has 34 heavy (non-hydrogen) atoms. The van der Waals surface area contributed by atoms with Crippen molar-refractivity contribution in [1.29, 1.82) is 0 Å². The predicted octanol–water partition coefficient (Wildman–Crippen LogP) is 4.91. The van der Waals surface area contributed by atoms with E-state index in [0.29, 0.717) is 22.7 Å². The highest BCUT2D eigenvalue weighted by molar-refractivity contribution is 5.94. The van der Waals surface area contributed by atoms with Gasteiger partial charge in [0.15, 0.2) is 0 Å². The molecule has 4 aromatic rings. The third-order valence-corrected chi connectivity index (χ3v) is 5.02. The number of hydrogen-bond acceptors (Lipinski definition) is 5. The van der Waals surface area contributed by atoms with E-state index in [1.807, 2.05) is 26.2 Å². The van der Waals surface area contributed by atoms with Crippen molar-refractivity contribution in [2.45, 2.75) is 19.6 Å². The van der Waals surface area contributed by atoms with Crippen molar-refractivity contribution in [3.8, 4) is 5.75 Å². The zero-order chi connectivity index (χ0) is 24.1. The smallest absolute Gasteiger partial charge is 0.251 e. The van der Waals surface area contributed by atoms with Gasteiger partial charge >= 0.3 is 0 Å². The Balaban J connectivity index is 1.40. The number of aryl methyl sites for hydroxylation is 1. The van der Waals surface area contributed by atoms with Crippen molar-refractivity contribution < 1.29 is 18.3 Å². The molecule has 174 valence electrons. The van der Waals surface area contributed by atoms with Crippen molar-refractivity contribution >= 4 is 17.4 Å². The molecule has 2 N–H and O–H groups in total. The minimum absolute atomic E-state index is 0.00746. The molecule has 0 radical (unpaired) electrons. The highest BCUT2D eigenvalue weighted by Gasteiger charge is 2.13. The van der Waals surface area contributed by atoms with E-state index >= 15 is 0 Å². The summed E-state index contributed by atoms with van der Waals surface area (Å²) in [7, 11) is 1.83. The summed E-state index contributed by atoms with van der Waals surface area (Å²) < 4.78 is 34.4. The van der Waals surface area contributed by atoms with Crippen molar-refractivity contribution in [2.24, 2.45) is 7.05 Å². The molecular formula is C25H23F2N5O2. The molecular weight excluding hydrogens is 440 g/mol. The van der Waals surface area contributed by atoms with Gasteiger partial charge in [-0.1, -0.05) is 12.1 Å². The number of carbonyl (C=O) groups excluding carboxylic acids is 1. The Labute approximate surface area is 195 Å². The van der Waals surface area contributed by atoms with E-state index in [1.165, 1.54) is 12.1 Å². The molecule has 0 bridgehead atoms. The van der Waals surface area contributed by atoms with Crippen LogP contribution in [0.3, 0.4) is 0 Å². The number of anilines is 2. The molecule has 0 spiro atoms. The number of nitrogens with zero attached hydrogens (tertiary/aromatic N) is 3. The Morgan fingerprint density at radius 2 is 1.91 bits per heavy atom. The van der Waals surface area contributed by atoms with Crippen LogP contribution in [0.15, 0.2) is 73.2 Å². The lowest BCUT2D eigenvalue weighted by atomic mass is 10.1. The first kappa shape index (κ1) is 22.9. The van der Waals surface area contributed by atoms with Gasteiger partial charge in [-0.3, -0.25) is 9.48 Å². The van der Waals surface area contributed by atoms with Crippen LogP contribution in [0.1, 0.15) is 34.5 Å². The molecule has 9 heteroatoms. The normalized spacial score (nSPS) is 11.6. The third kappa shape index (κ3) is 5.94. The van der Waals surface area contributed by atoms with Crippen molar-refractivity contribution in [3.63, 3.8) is 0 Å². The van der Waals surface area contributed by atoms with Crippen LogP contribution >= 0.6 is 0 Å². The van der Waals surface area contributed by atoms with E-state index in [0.717, 1.165) is 17.3 Å². The van der Waals surface area contributed by atoms with Crippen LogP contribution in [-0.4, -0.2) is 20.7 Å². The van der Waals surface area contributed by atoms with Crippen LogP contribution in [0.2, 0.25) is 0 Å². The Morgan fingerprint density at radius 3 is 2.65 bits per heavy atom. The van der Waals surface area contributed by atoms with Crippen LogP contribution < -0.4 is 15.4 Å². The van der Waals surface area contributed by atoms with Gasteiger partial charge in [-0.15, -0.1) is 0 Å². The van der Waals surface area contributed by atoms with Gasteiger partial charge in [0.25, 0.3) is 5.91 Å².